The summed E-state index contributed by atoms with van der Waals surface area (Å²) in [6.07, 6.45) is 3.30. The lowest BCUT2D eigenvalue weighted by molar-refractivity contribution is 0.629. The third-order valence-corrected chi connectivity index (χ3v) is 3.68. The fourth-order valence-corrected chi connectivity index (χ4v) is 2.58. The van der Waals surface area contributed by atoms with Crippen LogP contribution in [0.5, 0.6) is 0 Å². The van der Waals surface area contributed by atoms with E-state index in [1.54, 1.807) is 23.1 Å². The molecule has 4 aromatic rings. The number of aromatic nitrogens is 4. The summed E-state index contributed by atoms with van der Waals surface area (Å²) in [6, 6.07) is 9.87. The molecule has 0 spiro atoms. The van der Waals surface area contributed by atoms with Gasteiger partial charge in [-0.25, -0.2) is 14.4 Å². The first-order valence-electron chi connectivity index (χ1n) is 6.28. The Bertz CT molecular complexity index is 966. The van der Waals surface area contributed by atoms with Crippen molar-refractivity contribution < 1.29 is 4.39 Å². The van der Waals surface area contributed by atoms with Gasteiger partial charge in [-0.15, -0.1) is 0 Å². The average Bonchev–Trinajstić information content (AvgIpc) is 2.93. The van der Waals surface area contributed by atoms with E-state index in [-0.39, 0.29) is 5.82 Å². The van der Waals surface area contributed by atoms with Crippen molar-refractivity contribution in [3.8, 4) is 5.82 Å². The normalized spacial score (nSPS) is 11.3. The summed E-state index contributed by atoms with van der Waals surface area (Å²) in [5.74, 6) is 0.306. The second-order valence-corrected chi connectivity index (χ2v) is 4.95. The van der Waals surface area contributed by atoms with Gasteiger partial charge in [-0.2, -0.15) is 9.78 Å². The van der Waals surface area contributed by atoms with E-state index in [1.807, 2.05) is 18.2 Å². The zero-order valence-electron chi connectivity index (χ0n) is 10.7. The predicted molar refractivity (Wildman–Crippen MR) is 79.1 cm³/mol. The highest BCUT2D eigenvalue weighted by Crippen LogP contribution is 2.31. The molecule has 3 heterocycles. The number of pyridine rings is 2. The third kappa shape index (κ3) is 1.86. The van der Waals surface area contributed by atoms with Gasteiger partial charge in [-0.1, -0.05) is 17.7 Å². The summed E-state index contributed by atoms with van der Waals surface area (Å²) in [6.45, 7) is 0. The van der Waals surface area contributed by atoms with Crippen LogP contribution in [0, 0.1) is 5.82 Å². The highest BCUT2D eigenvalue weighted by atomic mass is 35.5. The molecule has 0 saturated carbocycles. The molecule has 0 aliphatic rings. The molecule has 4 nitrogen and oxygen atoms in total. The van der Waals surface area contributed by atoms with E-state index in [9.17, 15) is 4.39 Å². The van der Waals surface area contributed by atoms with Crippen LogP contribution in [0.4, 0.5) is 4.39 Å². The number of hydrogen-bond donors (Lipinski definition) is 0. The van der Waals surface area contributed by atoms with Crippen molar-refractivity contribution >= 4 is 33.5 Å². The van der Waals surface area contributed by atoms with Crippen LogP contribution in [0.1, 0.15) is 0 Å². The Morgan fingerprint density at radius 1 is 1.10 bits per heavy atom. The maximum Gasteiger partial charge on any atom is 0.166 e. The second-order valence-electron chi connectivity index (χ2n) is 4.57. The molecule has 1 aromatic carbocycles. The number of fused-ring (bicyclic) bond motifs is 2. The van der Waals surface area contributed by atoms with E-state index in [2.05, 4.69) is 15.1 Å². The molecule has 0 amide bonds. The van der Waals surface area contributed by atoms with E-state index in [1.165, 1.54) is 12.1 Å². The lowest BCUT2D eigenvalue weighted by Crippen LogP contribution is -2.00. The van der Waals surface area contributed by atoms with Crippen LogP contribution < -0.4 is 0 Å². The Labute approximate surface area is 123 Å². The summed E-state index contributed by atoms with van der Waals surface area (Å²) in [7, 11) is 0. The Hall–Kier alpha value is -2.53. The van der Waals surface area contributed by atoms with Gasteiger partial charge in [0.2, 0.25) is 0 Å². The van der Waals surface area contributed by atoms with Gasteiger partial charge in [0.05, 0.1) is 22.1 Å². The molecular weight excluding hydrogens is 291 g/mol. The molecule has 6 heteroatoms. The molecule has 0 bridgehead atoms. The van der Waals surface area contributed by atoms with Crippen LogP contribution in [0.2, 0.25) is 5.02 Å². The zero-order chi connectivity index (χ0) is 14.4. The van der Waals surface area contributed by atoms with Crippen molar-refractivity contribution in [1.82, 2.24) is 19.7 Å². The van der Waals surface area contributed by atoms with Crippen molar-refractivity contribution in [2.24, 2.45) is 0 Å². The highest BCUT2D eigenvalue weighted by Gasteiger charge is 2.14. The van der Waals surface area contributed by atoms with Gasteiger partial charge in [0.15, 0.2) is 11.5 Å². The Morgan fingerprint density at radius 3 is 2.81 bits per heavy atom. The van der Waals surface area contributed by atoms with E-state index in [0.29, 0.717) is 32.8 Å². The summed E-state index contributed by atoms with van der Waals surface area (Å²) in [4.78, 5) is 8.78. The quantitative estimate of drug-likeness (QED) is 0.537. The van der Waals surface area contributed by atoms with Crippen LogP contribution in [0.25, 0.3) is 27.8 Å². The number of rotatable bonds is 1. The van der Waals surface area contributed by atoms with Gasteiger partial charge in [0, 0.05) is 11.6 Å². The summed E-state index contributed by atoms with van der Waals surface area (Å²) in [5.41, 5.74) is 1.21. The van der Waals surface area contributed by atoms with E-state index >= 15 is 0 Å². The van der Waals surface area contributed by atoms with Gasteiger partial charge in [0.25, 0.3) is 0 Å². The molecule has 0 atom stereocenters. The number of benzene rings is 1. The molecule has 0 N–H and O–H groups in total. The van der Waals surface area contributed by atoms with Crippen molar-refractivity contribution in [2.75, 3.05) is 0 Å². The van der Waals surface area contributed by atoms with Crippen molar-refractivity contribution in [1.29, 1.82) is 0 Å². The standard InChI is InChI=1S/C15H8ClFN4/c16-14-10-7-9(17)4-5-12(10)20-15-11(14)8-19-21(15)13-3-1-2-6-18-13/h1-8H. The van der Waals surface area contributed by atoms with Gasteiger partial charge in [0.1, 0.15) is 5.82 Å². The minimum Gasteiger partial charge on any atom is -0.237 e. The number of hydrogen-bond acceptors (Lipinski definition) is 3. The first-order valence-corrected chi connectivity index (χ1v) is 6.66. The topological polar surface area (TPSA) is 43.6 Å². The van der Waals surface area contributed by atoms with Crippen LogP contribution in [-0.4, -0.2) is 19.7 Å². The van der Waals surface area contributed by atoms with Crippen LogP contribution >= 0.6 is 11.6 Å². The Kier molecular flexibility index (Phi) is 2.62. The first-order chi connectivity index (χ1) is 10.2. The molecule has 0 fully saturated rings. The molecule has 21 heavy (non-hydrogen) atoms. The average molecular weight is 299 g/mol. The van der Waals surface area contributed by atoms with E-state index < -0.39 is 0 Å². The smallest absolute Gasteiger partial charge is 0.166 e. The Balaban J connectivity index is 2.09. The van der Waals surface area contributed by atoms with Crippen LogP contribution in [-0.2, 0) is 0 Å². The van der Waals surface area contributed by atoms with Gasteiger partial charge in [-0.3, -0.25) is 0 Å². The van der Waals surface area contributed by atoms with Crippen LogP contribution in [0.3, 0.4) is 0 Å². The maximum atomic E-state index is 13.4. The molecule has 4 rings (SSSR count). The van der Waals surface area contributed by atoms with Crippen molar-refractivity contribution in [3.05, 3.63) is 59.6 Å². The Morgan fingerprint density at radius 2 is 2.00 bits per heavy atom. The molecule has 3 aromatic heterocycles. The van der Waals surface area contributed by atoms with E-state index in [4.69, 9.17) is 11.6 Å². The molecule has 0 aliphatic carbocycles. The SMILES string of the molecule is Fc1ccc2nc3c(cnn3-c3ccccn3)c(Cl)c2c1. The van der Waals surface area contributed by atoms with Gasteiger partial charge < -0.3 is 0 Å². The first kappa shape index (κ1) is 12.2. The largest absolute Gasteiger partial charge is 0.237 e. The number of halogens is 2. The number of nitrogens with zero attached hydrogens (tertiary/aromatic N) is 4. The van der Waals surface area contributed by atoms with Crippen molar-refractivity contribution in [2.45, 2.75) is 0 Å². The van der Waals surface area contributed by atoms with Gasteiger partial charge >= 0.3 is 0 Å². The summed E-state index contributed by atoms with van der Waals surface area (Å²) in [5, 5.41) is 5.97. The summed E-state index contributed by atoms with van der Waals surface area (Å²) >= 11 is 6.37. The lowest BCUT2D eigenvalue weighted by Gasteiger charge is -2.04. The maximum absolute atomic E-state index is 13.4. The van der Waals surface area contributed by atoms with Crippen molar-refractivity contribution in [3.63, 3.8) is 0 Å². The summed E-state index contributed by atoms with van der Waals surface area (Å²) < 4.78 is 15.0. The minimum absolute atomic E-state index is 0.345. The molecule has 102 valence electrons. The minimum atomic E-state index is -0.345. The molecule has 0 radical (unpaired) electrons. The molecular formula is C15H8ClFN4. The van der Waals surface area contributed by atoms with E-state index in [0.717, 1.165) is 0 Å². The highest BCUT2D eigenvalue weighted by molar-refractivity contribution is 6.40. The predicted octanol–water partition coefficient (Wildman–Crippen LogP) is 3.76. The second kappa shape index (κ2) is 4.49. The monoisotopic (exact) mass is 298 g/mol. The van der Waals surface area contributed by atoms with Gasteiger partial charge in [-0.05, 0) is 30.3 Å². The third-order valence-electron chi connectivity index (χ3n) is 3.27. The fraction of sp³-hybridized carbons (Fsp3) is 0. The lowest BCUT2D eigenvalue weighted by atomic mass is 10.2. The zero-order valence-corrected chi connectivity index (χ0v) is 11.4. The molecule has 0 aliphatic heterocycles. The molecule has 0 saturated heterocycles. The molecule has 0 unspecified atom stereocenters. The van der Waals surface area contributed by atoms with Crippen LogP contribution in [0.15, 0.2) is 48.8 Å². The fourth-order valence-electron chi connectivity index (χ4n) is 2.29.